The predicted octanol–water partition coefficient (Wildman–Crippen LogP) is 3.66. The van der Waals surface area contributed by atoms with Crippen LogP contribution in [0.1, 0.15) is 23.1 Å². The third-order valence-electron chi connectivity index (χ3n) is 6.46. The number of aryl methyl sites for hydroxylation is 1. The van der Waals surface area contributed by atoms with Gasteiger partial charge in [-0.1, -0.05) is 78.9 Å². The van der Waals surface area contributed by atoms with Gasteiger partial charge in [0.1, 0.15) is 6.54 Å². The number of imide groups is 1. The molecule has 2 heterocycles. The van der Waals surface area contributed by atoms with Gasteiger partial charge in [0.2, 0.25) is 5.91 Å². The average Bonchev–Trinajstić information content (AvgIpc) is 3.09. The Balaban J connectivity index is 1.45. The summed E-state index contributed by atoms with van der Waals surface area (Å²) in [6, 6.07) is 26.1. The summed E-state index contributed by atoms with van der Waals surface area (Å²) in [5.41, 5.74) is 2.34. The Morgan fingerprint density at radius 2 is 1.55 bits per heavy atom. The molecule has 0 radical (unpaired) electrons. The number of nitrogens with one attached hydrogen (secondary N) is 1. The molecule has 6 heteroatoms. The Labute approximate surface area is 192 Å². The molecule has 1 N–H and O–H groups in total. The van der Waals surface area contributed by atoms with Crippen LogP contribution >= 0.6 is 0 Å². The molecule has 0 aromatic heterocycles. The Morgan fingerprint density at radius 1 is 0.879 bits per heavy atom. The number of nitrogens with zero attached hydrogens (tertiary/aromatic N) is 2. The first-order chi connectivity index (χ1) is 16.1. The molecule has 0 saturated carbocycles. The van der Waals surface area contributed by atoms with E-state index in [0.717, 1.165) is 34.6 Å². The van der Waals surface area contributed by atoms with E-state index in [-0.39, 0.29) is 12.5 Å². The molecule has 1 fully saturated rings. The van der Waals surface area contributed by atoms with E-state index < -0.39 is 17.5 Å². The van der Waals surface area contributed by atoms with Crippen LogP contribution in [0.3, 0.4) is 0 Å². The van der Waals surface area contributed by atoms with Crippen molar-refractivity contribution in [2.45, 2.75) is 24.8 Å². The molecule has 5 rings (SSSR count). The first-order valence-corrected chi connectivity index (χ1v) is 11.2. The van der Waals surface area contributed by atoms with Gasteiger partial charge in [0.15, 0.2) is 5.54 Å². The molecule has 0 unspecified atom stereocenters. The highest BCUT2D eigenvalue weighted by molar-refractivity contribution is 6.11. The second kappa shape index (κ2) is 8.54. The summed E-state index contributed by atoms with van der Waals surface area (Å²) in [5, 5.41) is 2.93. The summed E-state index contributed by atoms with van der Waals surface area (Å²) < 4.78 is 0. The first-order valence-electron chi connectivity index (χ1n) is 11.2. The largest absolute Gasteiger partial charge is 0.325 e. The monoisotopic (exact) mass is 439 g/mol. The maximum Gasteiger partial charge on any atom is 0.325 e. The summed E-state index contributed by atoms with van der Waals surface area (Å²) >= 11 is 0. The number of hydrogen-bond donors (Lipinski definition) is 1. The van der Waals surface area contributed by atoms with Crippen LogP contribution < -0.4 is 10.2 Å². The fourth-order valence-corrected chi connectivity index (χ4v) is 4.83. The van der Waals surface area contributed by atoms with E-state index in [1.807, 2.05) is 84.9 Å². The Hall–Kier alpha value is -3.93. The lowest BCUT2D eigenvalue weighted by molar-refractivity contribution is -0.134. The van der Waals surface area contributed by atoms with Gasteiger partial charge in [-0.2, -0.15) is 0 Å². The molecule has 2 aliphatic rings. The molecule has 0 aliphatic carbocycles. The molecular formula is C27H25N3O3. The van der Waals surface area contributed by atoms with Gasteiger partial charge in [-0.3, -0.25) is 14.5 Å². The van der Waals surface area contributed by atoms with Gasteiger partial charge in [0, 0.05) is 18.7 Å². The van der Waals surface area contributed by atoms with Crippen LogP contribution in [-0.4, -0.2) is 35.8 Å². The van der Waals surface area contributed by atoms with Gasteiger partial charge in [-0.15, -0.1) is 0 Å². The molecule has 0 bridgehead atoms. The number of fused-ring (bicyclic) bond motifs is 1. The van der Waals surface area contributed by atoms with E-state index >= 15 is 0 Å². The second-order valence-corrected chi connectivity index (χ2v) is 8.53. The van der Waals surface area contributed by atoms with E-state index in [2.05, 4.69) is 5.32 Å². The van der Waals surface area contributed by atoms with Gasteiger partial charge in [-0.05, 0) is 35.6 Å². The number of urea groups is 1. The average molecular weight is 440 g/mol. The normalized spacial score (nSPS) is 19.9. The highest BCUT2D eigenvalue weighted by atomic mass is 16.2. The Bertz CT molecular complexity index is 1200. The van der Waals surface area contributed by atoms with Crippen molar-refractivity contribution in [2.75, 3.05) is 18.0 Å². The molecule has 1 saturated heterocycles. The molecule has 2 aliphatic heterocycles. The molecule has 3 aromatic rings. The molecule has 0 spiro atoms. The van der Waals surface area contributed by atoms with Crippen LogP contribution in [0.15, 0.2) is 84.9 Å². The first kappa shape index (κ1) is 20.9. The minimum Gasteiger partial charge on any atom is -0.319 e. The van der Waals surface area contributed by atoms with E-state index in [4.69, 9.17) is 0 Å². The maximum atomic E-state index is 13.8. The zero-order chi connectivity index (χ0) is 22.8. The van der Waals surface area contributed by atoms with Crippen LogP contribution in [0.25, 0.3) is 0 Å². The van der Waals surface area contributed by atoms with Crippen molar-refractivity contribution in [2.24, 2.45) is 0 Å². The Kier molecular flexibility index (Phi) is 5.42. The fraction of sp³-hybridized carbons (Fsp3) is 0.222. The molecule has 3 aromatic carbocycles. The number of hydrogen-bond acceptors (Lipinski definition) is 3. The quantitative estimate of drug-likeness (QED) is 0.617. The van der Waals surface area contributed by atoms with Gasteiger partial charge in [0.25, 0.3) is 5.91 Å². The fourth-order valence-electron chi connectivity index (χ4n) is 4.83. The smallest absolute Gasteiger partial charge is 0.319 e. The van der Waals surface area contributed by atoms with E-state index in [9.17, 15) is 14.4 Å². The number of carbonyl (C=O) groups excluding carboxylic acids is 3. The van der Waals surface area contributed by atoms with Crippen molar-refractivity contribution >= 4 is 23.5 Å². The minimum atomic E-state index is -1.25. The standard InChI is InChI=1S/C27H25N3O3/c31-24(29-17-9-13-21-12-7-8-16-23(21)29)19-30-25(32)27(28-26(30)33,22-14-5-2-6-15-22)18-20-10-3-1-4-11-20/h1-8,10-12,14-16H,9,13,17-19H2,(H,28,33)/t27-/m0/s1. The number of anilines is 1. The predicted molar refractivity (Wildman–Crippen MR) is 126 cm³/mol. The van der Waals surface area contributed by atoms with Crippen molar-refractivity contribution in [3.05, 3.63) is 102 Å². The van der Waals surface area contributed by atoms with Gasteiger partial charge < -0.3 is 10.2 Å². The van der Waals surface area contributed by atoms with Crippen LogP contribution in [0.5, 0.6) is 0 Å². The van der Waals surface area contributed by atoms with E-state index in [1.165, 1.54) is 0 Å². The van der Waals surface area contributed by atoms with Crippen LogP contribution in [-0.2, 0) is 28.0 Å². The summed E-state index contributed by atoms with van der Waals surface area (Å²) in [6.45, 7) is 0.287. The van der Waals surface area contributed by atoms with Gasteiger partial charge in [0.05, 0.1) is 0 Å². The van der Waals surface area contributed by atoms with Gasteiger partial charge in [-0.25, -0.2) is 4.79 Å². The summed E-state index contributed by atoms with van der Waals surface area (Å²) in [7, 11) is 0. The number of benzene rings is 3. The van der Waals surface area contributed by atoms with Crippen molar-refractivity contribution in [3.63, 3.8) is 0 Å². The zero-order valence-corrected chi connectivity index (χ0v) is 18.2. The van der Waals surface area contributed by atoms with Crippen LogP contribution in [0, 0.1) is 0 Å². The van der Waals surface area contributed by atoms with Crippen molar-refractivity contribution in [1.29, 1.82) is 0 Å². The SMILES string of the molecule is O=C1N[C@@](Cc2ccccc2)(c2ccccc2)C(=O)N1CC(=O)N1CCCc2ccccc21. The lowest BCUT2D eigenvalue weighted by Crippen LogP contribution is -2.47. The van der Waals surface area contributed by atoms with Crippen LogP contribution in [0.4, 0.5) is 10.5 Å². The molecule has 166 valence electrons. The number of para-hydroxylation sites is 1. The number of rotatable bonds is 5. The minimum absolute atomic E-state index is 0.255. The van der Waals surface area contributed by atoms with Gasteiger partial charge >= 0.3 is 6.03 Å². The number of carbonyl (C=O) groups is 3. The maximum absolute atomic E-state index is 13.8. The lowest BCUT2D eigenvalue weighted by Gasteiger charge is -2.31. The molecule has 1 atom stereocenters. The highest BCUT2D eigenvalue weighted by Gasteiger charge is 2.53. The van der Waals surface area contributed by atoms with Crippen molar-refractivity contribution < 1.29 is 14.4 Å². The molecule has 4 amide bonds. The second-order valence-electron chi connectivity index (χ2n) is 8.53. The topological polar surface area (TPSA) is 69.7 Å². The molecule has 33 heavy (non-hydrogen) atoms. The Morgan fingerprint density at radius 3 is 2.30 bits per heavy atom. The summed E-state index contributed by atoms with van der Waals surface area (Å²) in [5.74, 6) is -0.657. The van der Waals surface area contributed by atoms with E-state index in [1.54, 1.807) is 4.90 Å². The van der Waals surface area contributed by atoms with Crippen molar-refractivity contribution in [1.82, 2.24) is 10.2 Å². The highest BCUT2D eigenvalue weighted by Crippen LogP contribution is 2.33. The third kappa shape index (κ3) is 3.78. The number of amides is 4. The van der Waals surface area contributed by atoms with Crippen molar-refractivity contribution in [3.8, 4) is 0 Å². The zero-order valence-electron chi connectivity index (χ0n) is 18.2. The summed E-state index contributed by atoms with van der Waals surface area (Å²) in [4.78, 5) is 42.9. The molecule has 6 nitrogen and oxygen atoms in total. The van der Waals surface area contributed by atoms with E-state index in [0.29, 0.717) is 18.5 Å². The lowest BCUT2D eigenvalue weighted by atomic mass is 9.83. The van der Waals surface area contributed by atoms with Crippen LogP contribution in [0.2, 0.25) is 0 Å². The summed E-state index contributed by atoms with van der Waals surface area (Å²) in [6.07, 6.45) is 2.07. The molecular weight excluding hydrogens is 414 g/mol. The third-order valence-corrected chi connectivity index (χ3v) is 6.46.